The van der Waals surface area contributed by atoms with Crippen molar-refractivity contribution < 1.29 is 28.6 Å². The molecule has 1 fully saturated rings. The van der Waals surface area contributed by atoms with Crippen molar-refractivity contribution in [2.75, 3.05) is 47.0 Å². The van der Waals surface area contributed by atoms with Gasteiger partial charge in [0.1, 0.15) is 6.04 Å². The minimum absolute atomic E-state index is 0.0669. The summed E-state index contributed by atoms with van der Waals surface area (Å²) in [6.07, 6.45) is -0.428. The van der Waals surface area contributed by atoms with Gasteiger partial charge in [0, 0.05) is 26.2 Å². The van der Waals surface area contributed by atoms with Crippen molar-refractivity contribution in [2.45, 2.75) is 19.4 Å². The first-order valence-corrected chi connectivity index (χ1v) is 6.83. The summed E-state index contributed by atoms with van der Waals surface area (Å²) in [5, 5.41) is 0. The van der Waals surface area contributed by atoms with E-state index in [-0.39, 0.29) is 12.5 Å². The molecule has 0 radical (unpaired) electrons. The van der Waals surface area contributed by atoms with Gasteiger partial charge in [-0.1, -0.05) is 0 Å². The summed E-state index contributed by atoms with van der Waals surface area (Å²) in [7, 11) is 2.55. The minimum atomic E-state index is -0.688. The van der Waals surface area contributed by atoms with Crippen LogP contribution in [0.1, 0.15) is 13.3 Å². The van der Waals surface area contributed by atoms with Gasteiger partial charge in [0.15, 0.2) is 0 Å². The number of esters is 2. The number of nitrogens with zero attached hydrogens (tertiary/aromatic N) is 2. The van der Waals surface area contributed by atoms with E-state index in [0.29, 0.717) is 32.8 Å². The lowest BCUT2D eigenvalue weighted by atomic mass is 10.1. The maximum Gasteiger partial charge on any atom is 0.409 e. The van der Waals surface area contributed by atoms with E-state index < -0.39 is 18.0 Å². The third-order valence-electron chi connectivity index (χ3n) is 3.34. The van der Waals surface area contributed by atoms with E-state index in [4.69, 9.17) is 9.47 Å². The summed E-state index contributed by atoms with van der Waals surface area (Å²) in [5.41, 5.74) is 0. The van der Waals surface area contributed by atoms with Crippen LogP contribution in [0.15, 0.2) is 0 Å². The standard InChI is InChI=1S/C13H22N2O6/c1-4-21-13(18)15-7-5-14(6-8-15)10(12(17)20-3)9-11(16)19-2/h10H,4-9H2,1-3H3. The highest BCUT2D eigenvalue weighted by Crippen LogP contribution is 2.12. The molecule has 1 heterocycles. The first-order valence-electron chi connectivity index (χ1n) is 6.83. The van der Waals surface area contributed by atoms with Crippen molar-refractivity contribution in [2.24, 2.45) is 0 Å². The number of piperazine rings is 1. The number of carbonyl (C=O) groups excluding carboxylic acids is 3. The Labute approximate surface area is 123 Å². The normalized spacial score (nSPS) is 17.0. The van der Waals surface area contributed by atoms with E-state index in [1.54, 1.807) is 11.8 Å². The van der Waals surface area contributed by atoms with Crippen molar-refractivity contribution in [3.63, 3.8) is 0 Å². The zero-order chi connectivity index (χ0) is 15.8. The van der Waals surface area contributed by atoms with Gasteiger partial charge in [-0.3, -0.25) is 14.5 Å². The van der Waals surface area contributed by atoms with E-state index in [0.717, 1.165) is 0 Å². The van der Waals surface area contributed by atoms with Crippen molar-refractivity contribution in [1.29, 1.82) is 0 Å². The van der Waals surface area contributed by atoms with Gasteiger partial charge < -0.3 is 19.1 Å². The zero-order valence-electron chi connectivity index (χ0n) is 12.7. The number of ether oxygens (including phenoxy) is 3. The van der Waals surface area contributed by atoms with Crippen LogP contribution in [0.5, 0.6) is 0 Å². The first-order chi connectivity index (χ1) is 10.0. The van der Waals surface area contributed by atoms with E-state index in [9.17, 15) is 14.4 Å². The van der Waals surface area contributed by atoms with Crippen LogP contribution in [0.4, 0.5) is 4.79 Å². The molecule has 1 unspecified atom stereocenters. The van der Waals surface area contributed by atoms with Crippen molar-refractivity contribution in [1.82, 2.24) is 9.80 Å². The molecule has 0 spiro atoms. The fourth-order valence-electron chi connectivity index (χ4n) is 2.17. The molecular weight excluding hydrogens is 280 g/mol. The first kappa shape index (κ1) is 17.2. The Morgan fingerprint density at radius 3 is 2.14 bits per heavy atom. The Kier molecular flexibility index (Phi) is 6.93. The van der Waals surface area contributed by atoms with Gasteiger partial charge in [0.2, 0.25) is 0 Å². The molecule has 0 aromatic heterocycles. The molecule has 1 atom stereocenters. The highest BCUT2D eigenvalue weighted by atomic mass is 16.6. The van der Waals surface area contributed by atoms with E-state index in [1.807, 2.05) is 4.90 Å². The van der Waals surface area contributed by atoms with Crippen LogP contribution >= 0.6 is 0 Å². The largest absolute Gasteiger partial charge is 0.469 e. The molecule has 21 heavy (non-hydrogen) atoms. The van der Waals surface area contributed by atoms with Crippen molar-refractivity contribution >= 4 is 18.0 Å². The Balaban J connectivity index is 2.60. The molecule has 1 aliphatic rings. The highest BCUT2D eigenvalue weighted by molar-refractivity contribution is 5.82. The van der Waals surface area contributed by atoms with Crippen LogP contribution in [0.25, 0.3) is 0 Å². The van der Waals surface area contributed by atoms with Crippen molar-refractivity contribution in [3.8, 4) is 0 Å². The van der Waals surface area contributed by atoms with E-state index >= 15 is 0 Å². The number of carbonyl (C=O) groups is 3. The molecule has 0 aromatic carbocycles. The molecule has 0 saturated carbocycles. The second-order valence-electron chi connectivity index (χ2n) is 4.54. The molecule has 0 aliphatic carbocycles. The van der Waals surface area contributed by atoms with Gasteiger partial charge in [-0.2, -0.15) is 0 Å². The molecule has 0 aromatic rings. The Bertz CT molecular complexity index is 379. The molecule has 120 valence electrons. The fraction of sp³-hybridized carbons (Fsp3) is 0.769. The van der Waals surface area contributed by atoms with Crippen LogP contribution in [-0.4, -0.2) is 80.9 Å². The molecule has 0 bridgehead atoms. The second kappa shape index (κ2) is 8.46. The Morgan fingerprint density at radius 2 is 1.67 bits per heavy atom. The fourth-order valence-corrected chi connectivity index (χ4v) is 2.17. The minimum Gasteiger partial charge on any atom is -0.469 e. The van der Waals surface area contributed by atoms with E-state index in [1.165, 1.54) is 14.2 Å². The van der Waals surface area contributed by atoms with Crippen LogP contribution in [0.2, 0.25) is 0 Å². The van der Waals surface area contributed by atoms with Gasteiger partial charge in [-0.15, -0.1) is 0 Å². The quantitative estimate of drug-likeness (QED) is 0.516. The van der Waals surface area contributed by atoms with E-state index in [2.05, 4.69) is 4.74 Å². The summed E-state index contributed by atoms with van der Waals surface area (Å²) in [5.74, 6) is -0.955. The maximum absolute atomic E-state index is 11.8. The molecule has 1 aliphatic heterocycles. The number of rotatable bonds is 5. The molecular formula is C13H22N2O6. The van der Waals surface area contributed by atoms with Gasteiger partial charge in [-0.25, -0.2) is 4.79 Å². The molecule has 8 heteroatoms. The summed E-state index contributed by atoms with van der Waals surface area (Å²) in [6.45, 7) is 3.89. The lowest BCUT2D eigenvalue weighted by Crippen LogP contribution is -2.54. The summed E-state index contributed by atoms with van der Waals surface area (Å²) < 4.78 is 14.3. The zero-order valence-corrected chi connectivity index (χ0v) is 12.7. The average Bonchev–Trinajstić information content (AvgIpc) is 2.52. The SMILES string of the molecule is CCOC(=O)N1CCN(C(CC(=O)OC)C(=O)OC)CC1. The third-order valence-corrected chi connectivity index (χ3v) is 3.34. The molecule has 1 rings (SSSR count). The predicted molar refractivity (Wildman–Crippen MR) is 72.6 cm³/mol. The Morgan fingerprint density at radius 1 is 1.05 bits per heavy atom. The van der Waals surface area contributed by atoms with Gasteiger partial charge in [0.05, 0.1) is 27.2 Å². The third kappa shape index (κ3) is 4.89. The van der Waals surface area contributed by atoms with Gasteiger partial charge >= 0.3 is 18.0 Å². The monoisotopic (exact) mass is 302 g/mol. The predicted octanol–water partition coefficient (Wildman–Crippen LogP) is -0.135. The maximum atomic E-state index is 11.8. The molecule has 8 nitrogen and oxygen atoms in total. The van der Waals surface area contributed by atoms with Crippen molar-refractivity contribution in [3.05, 3.63) is 0 Å². The van der Waals surface area contributed by atoms with Crippen LogP contribution in [0.3, 0.4) is 0 Å². The summed E-state index contributed by atoms with van der Waals surface area (Å²) in [4.78, 5) is 38.2. The molecule has 0 N–H and O–H groups in total. The smallest absolute Gasteiger partial charge is 0.409 e. The van der Waals surface area contributed by atoms with Gasteiger partial charge in [0.25, 0.3) is 0 Å². The number of amides is 1. The molecule has 1 saturated heterocycles. The molecule has 1 amide bonds. The topological polar surface area (TPSA) is 85.4 Å². The Hall–Kier alpha value is -1.83. The summed E-state index contributed by atoms with van der Waals surface area (Å²) in [6, 6.07) is -0.688. The van der Waals surface area contributed by atoms with Crippen LogP contribution < -0.4 is 0 Å². The number of hydrogen-bond donors (Lipinski definition) is 0. The van der Waals surface area contributed by atoms with Gasteiger partial charge in [-0.05, 0) is 6.92 Å². The lowest BCUT2D eigenvalue weighted by molar-refractivity contribution is -0.154. The van der Waals surface area contributed by atoms with Crippen LogP contribution in [0, 0.1) is 0 Å². The number of hydrogen-bond acceptors (Lipinski definition) is 7. The average molecular weight is 302 g/mol. The second-order valence-corrected chi connectivity index (χ2v) is 4.54. The lowest BCUT2D eigenvalue weighted by Gasteiger charge is -2.37. The highest BCUT2D eigenvalue weighted by Gasteiger charge is 2.33. The summed E-state index contributed by atoms with van der Waals surface area (Å²) >= 11 is 0. The number of methoxy groups -OCH3 is 2. The van der Waals surface area contributed by atoms with Crippen LogP contribution in [-0.2, 0) is 23.8 Å².